The smallest absolute Gasteiger partial charge is 0.294 e. The fraction of sp³-hybridized carbons (Fsp3) is 0.300. The van der Waals surface area contributed by atoms with Gasteiger partial charge < -0.3 is 0 Å². The first kappa shape index (κ1) is 13.3. The van der Waals surface area contributed by atoms with E-state index in [0.717, 1.165) is 0 Å². The minimum Gasteiger partial charge on any atom is -0.294 e. The highest BCUT2D eigenvalue weighted by molar-refractivity contribution is 6.35. The van der Waals surface area contributed by atoms with Crippen LogP contribution in [0.5, 0.6) is 0 Å². The van der Waals surface area contributed by atoms with Gasteiger partial charge in [0.2, 0.25) is 0 Å². The summed E-state index contributed by atoms with van der Waals surface area (Å²) in [6.07, 6.45) is -6.13. The number of ketones is 1. The van der Waals surface area contributed by atoms with Crippen LogP contribution in [0.3, 0.4) is 0 Å². The summed E-state index contributed by atoms with van der Waals surface area (Å²) in [6.45, 7) is 0. The zero-order valence-corrected chi connectivity index (χ0v) is 9.46. The first-order valence-corrected chi connectivity index (χ1v) is 5.10. The number of hydrogen-bond acceptors (Lipinski definition) is 1. The van der Waals surface area contributed by atoms with Crippen LogP contribution in [-0.4, -0.2) is 12.0 Å². The Morgan fingerprint density at radius 2 is 1.88 bits per heavy atom. The number of rotatable bonds is 3. The molecule has 1 nitrogen and oxygen atoms in total. The molecule has 0 unspecified atom stereocenters. The molecule has 0 saturated carbocycles. The molecule has 1 aromatic carbocycles. The van der Waals surface area contributed by atoms with E-state index in [1.54, 1.807) is 0 Å². The lowest BCUT2D eigenvalue weighted by molar-refractivity contribution is -0.133. The standard InChI is InChI=1S/C10H7Cl2F3O/c11-6-1-2-8(12)7(5-6)9(16)3-4-10(13,14)15/h1-2,5H,3-4H2. The van der Waals surface area contributed by atoms with E-state index in [1.165, 1.54) is 18.2 Å². The lowest BCUT2D eigenvalue weighted by Gasteiger charge is -2.06. The highest BCUT2D eigenvalue weighted by atomic mass is 35.5. The molecule has 88 valence electrons. The SMILES string of the molecule is O=C(CCC(F)(F)F)c1cc(Cl)ccc1Cl. The van der Waals surface area contributed by atoms with Crippen LogP contribution in [0.4, 0.5) is 13.2 Å². The van der Waals surface area contributed by atoms with Crippen molar-refractivity contribution in [3.8, 4) is 0 Å². The van der Waals surface area contributed by atoms with Gasteiger partial charge in [0.05, 0.1) is 11.4 Å². The van der Waals surface area contributed by atoms with Crippen LogP contribution >= 0.6 is 23.2 Å². The van der Waals surface area contributed by atoms with Crippen molar-refractivity contribution >= 4 is 29.0 Å². The highest BCUT2D eigenvalue weighted by Crippen LogP contribution is 2.26. The summed E-state index contributed by atoms with van der Waals surface area (Å²) < 4.78 is 35.7. The summed E-state index contributed by atoms with van der Waals surface area (Å²) in [4.78, 5) is 11.4. The molecule has 0 N–H and O–H groups in total. The molecule has 0 aliphatic carbocycles. The highest BCUT2D eigenvalue weighted by Gasteiger charge is 2.28. The third-order valence-corrected chi connectivity index (χ3v) is 2.43. The molecule has 0 heterocycles. The first-order valence-electron chi connectivity index (χ1n) is 4.34. The minimum absolute atomic E-state index is 0.0263. The van der Waals surface area contributed by atoms with Gasteiger partial charge in [-0.1, -0.05) is 23.2 Å². The largest absolute Gasteiger partial charge is 0.389 e. The quantitative estimate of drug-likeness (QED) is 0.739. The Kier molecular flexibility index (Phi) is 4.21. The van der Waals surface area contributed by atoms with Gasteiger partial charge >= 0.3 is 6.18 Å². The van der Waals surface area contributed by atoms with E-state index < -0.39 is 24.8 Å². The van der Waals surface area contributed by atoms with Gasteiger partial charge in [0.1, 0.15) is 0 Å². The second kappa shape index (κ2) is 5.06. The Morgan fingerprint density at radius 3 is 2.44 bits per heavy atom. The lowest BCUT2D eigenvalue weighted by atomic mass is 10.1. The Labute approximate surface area is 100 Å². The summed E-state index contributed by atoms with van der Waals surface area (Å²) in [5, 5.41) is 0.372. The molecule has 0 spiro atoms. The second-order valence-corrected chi connectivity index (χ2v) is 4.01. The zero-order valence-electron chi connectivity index (χ0n) is 7.94. The molecule has 16 heavy (non-hydrogen) atoms. The molecular formula is C10H7Cl2F3O. The Morgan fingerprint density at radius 1 is 1.25 bits per heavy atom. The van der Waals surface area contributed by atoms with Crippen LogP contribution in [0.2, 0.25) is 10.0 Å². The minimum atomic E-state index is -4.35. The average molecular weight is 271 g/mol. The number of carbonyl (C=O) groups is 1. The lowest BCUT2D eigenvalue weighted by Crippen LogP contribution is -2.11. The van der Waals surface area contributed by atoms with E-state index in [-0.39, 0.29) is 15.6 Å². The van der Waals surface area contributed by atoms with Crippen molar-refractivity contribution in [1.29, 1.82) is 0 Å². The van der Waals surface area contributed by atoms with Gasteiger partial charge in [-0.15, -0.1) is 0 Å². The number of Topliss-reactive ketones (excluding diaryl/α,β-unsaturated/α-hetero) is 1. The molecule has 0 aromatic heterocycles. The molecule has 0 aliphatic heterocycles. The molecule has 6 heteroatoms. The van der Waals surface area contributed by atoms with Crippen LogP contribution in [0.1, 0.15) is 23.2 Å². The summed E-state index contributed by atoms with van der Waals surface area (Å²) in [7, 11) is 0. The Balaban J connectivity index is 2.77. The normalized spacial score (nSPS) is 11.6. The number of halogens is 5. The van der Waals surface area contributed by atoms with Crippen molar-refractivity contribution < 1.29 is 18.0 Å². The molecule has 0 aliphatic rings. The molecule has 0 bridgehead atoms. The third kappa shape index (κ3) is 4.02. The van der Waals surface area contributed by atoms with Crippen LogP contribution in [-0.2, 0) is 0 Å². The molecule has 1 aromatic rings. The molecule has 0 atom stereocenters. The number of benzene rings is 1. The predicted octanol–water partition coefficient (Wildman–Crippen LogP) is 4.52. The molecule has 0 saturated heterocycles. The summed E-state index contributed by atoms with van der Waals surface area (Å²) in [6, 6.07) is 4.11. The van der Waals surface area contributed by atoms with Gasteiger partial charge in [-0.2, -0.15) is 13.2 Å². The van der Waals surface area contributed by atoms with Gasteiger partial charge in [0.25, 0.3) is 0 Å². The summed E-state index contributed by atoms with van der Waals surface area (Å²) in [5.74, 6) is -0.662. The molecule has 0 amide bonds. The van der Waals surface area contributed by atoms with Crippen LogP contribution < -0.4 is 0 Å². The molecular weight excluding hydrogens is 264 g/mol. The van der Waals surface area contributed by atoms with Crippen molar-refractivity contribution in [2.24, 2.45) is 0 Å². The molecule has 0 radical (unpaired) electrons. The maximum Gasteiger partial charge on any atom is 0.389 e. The van der Waals surface area contributed by atoms with Gasteiger partial charge in [0.15, 0.2) is 5.78 Å². The van der Waals surface area contributed by atoms with E-state index in [2.05, 4.69) is 0 Å². The summed E-state index contributed by atoms with van der Waals surface area (Å²) in [5.41, 5.74) is 0.0263. The number of hydrogen-bond donors (Lipinski definition) is 0. The second-order valence-electron chi connectivity index (χ2n) is 3.16. The van der Waals surface area contributed by atoms with Gasteiger partial charge in [-0.25, -0.2) is 0 Å². The molecule has 0 fully saturated rings. The van der Waals surface area contributed by atoms with Crippen LogP contribution in [0.25, 0.3) is 0 Å². The number of alkyl halides is 3. The Bertz CT molecular complexity index is 402. The van der Waals surface area contributed by atoms with Crippen molar-refractivity contribution in [2.75, 3.05) is 0 Å². The van der Waals surface area contributed by atoms with Crippen molar-refractivity contribution in [3.05, 3.63) is 33.8 Å². The number of carbonyl (C=O) groups excluding carboxylic acids is 1. The monoisotopic (exact) mass is 270 g/mol. The van der Waals surface area contributed by atoms with Crippen LogP contribution in [0, 0.1) is 0 Å². The maximum absolute atomic E-state index is 11.9. The van der Waals surface area contributed by atoms with Crippen molar-refractivity contribution in [3.63, 3.8) is 0 Å². The predicted molar refractivity (Wildman–Crippen MR) is 56.1 cm³/mol. The fourth-order valence-electron chi connectivity index (χ4n) is 1.10. The van der Waals surface area contributed by atoms with Gasteiger partial charge in [-0.05, 0) is 18.2 Å². The Hall–Kier alpha value is -0.740. The zero-order chi connectivity index (χ0) is 12.3. The van der Waals surface area contributed by atoms with E-state index >= 15 is 0 Å². The van der Waals surface area contributed by atoms with Gasteiger partial charge in [-0.3, -0.25) is 4.79 Å². The van der Waals surface area contributed by atoms with Crippen molar-refractivity contribution in [1.82, 2.24) is 0 Å². The molecule has 1 rings (SSSR count). The van der Waals surface area contributed by atoms with E-state index in [1.807, 2.05) is 0 Å². The first-order chi connectivity index (χ1) is 7.29. The van der Waals surface area contributed by atoms with Crippen LogP contribution in [0.15, 0.2) is 18.2 Å². The fourth-order valence-corrected chi connectivity index (χ4v) is 1.50. The average Bonchev–Trinajstić information content (AvgIpc) is 2.17. The van der Waals surface area contributed by atoms with Crippen molar-refractivity contribution in [2.45, 2.75) is 19.0 Å². The third-order valence-electron chi connectivity index (χ3n) is 1.86. The van der Waals surface area contributed by atoms with E-state index in [4.69, 9.17) is 23.2 Å². The van der Waals surface area contributed by atoms with Gasteiger partial charge in [0, 0.05) is 17.0 Å². The topological polar surface area (TPSA) is 17.1 Å². The van der Waals surface area contributed by atoms with E-state index in [0.29, 0.717) is 0 Å². The van der Waals surface area contributed by atoms with E-state index in [9.17, 15) is 18.0 Å². The maximum atomic E-state index is 11.9. The summed E-state index contributed by atoms with van der Waals surface area (Å²) >= 11 is 11.3.